The fourth-order valence-electron chi connectivity index (χ4n) is 5.37. The van der Waals surface area contributed by atoms with Crippen molar-refractivity contribution in [2.75, 3.05) is 51.3 Å². The molecule has 2 fully saturated rings. The van der Waals surface area contributed by atoms with Crippen LogP contribution in [-0.2, 0) is 11.3 Å². The standard InChI is InChI=1S/C28H35N5O3/c1-31(27(34)19-36-23-7-5-22(6-8-23)18-32-14-2-3-15-32)20-28(35)11-4-16-33(21-28)26-10-13-30-25-9-12-29-17-24(25)26/h5-10,12-13,17,35H,2-4,11,14-16,18-21H2,1H3. The van der Waals surface area contributed by atoms with Gasteiger partial charge in [-0.05, 0) is 68.6 Å². The number of fused-ring (bicyclic) bond motifs is 1. The van der Waals surface area contributed by atoms with Crippen LogP contribution in [0.1, 0.15) is 31.2 Å². The van der Waals surface area contributed by atoms with Crippen LogP contribution < -0.4 is 9.64 Å². The molecule has 0 radical (unpaired) electrons. The first-order chi connectivity index (χ1) is 17.5. The number of carbonyl (C=O) groups is 1. The van der Waals surface area contributed by atoms with E-state index in [4.69, 9.17) is 4.74 Å². The van der Waals surface area contributed by atoms with Crippen LogP contribution >= 0.6 is 0 Å². The van der Waals surface area contributed by atoms with Crippen LogP contribution in [0.3, 0.4) is 0 Å². The lowest BCUT2D eigenvalue weighted by atomic mass is 9.91. The second-order valence-electron chi connectivity index (χ2n) is 10.1. The zero-order chi connectivity index (χ0) is 25.0. The Morgan fingerprint density at radius 1 is 1.08 bits per heavy atom. The van der Waals surface area contributed by atoms with Crippen LogP contribution in [0.15, 0.2) is 55.0 Å². The molecule has 8 nitrogen and oxygen atoms in total. The van der Waals surface area contributed by atoms with E-state index in [9.17, 15) is 9.90 Å². The summed E-state index contributed by atoms with van der Waals surface area (Å²) < 4.78 is 5.76. The Kier molecular flexibility index (Phi) is 7.34. The number of pyridine rings is 2. The molecule has 0 saturated carbocycles. The van der Waals surface area contributed by atoms with Gasteiger partial charge in [0.15, 0.2) is 6.61 Å². The van der Waals surface area contributed by atoms with Crippen molar-refractivity contribution in [2.24, 2.45) is 0 Å². The van der Waals surface area contributed by atoms with Crippen molar-refractivity contribution < 1.29 is 14.6 Å². The van der Waals surface area contributed by atoms with Crippen LogP contribution in [0.25, 0.3) is 10.9 Å². The van der Waals surface area contributed by atoms with E-state index in [1.54, 1.807) is 24.3 Å². The topological polar surface area (TPSA) is 82.0 Å². The third kappa shape index (κ3) is 5.77. The van der Waals surface area contributed by atoms with Gasteiger partial charge >= 0.3 is 0 Å². The van der Waals surface area contributed by atoms with Gasteiger partial charge in [0.05, 0.1) is 17.7 Å². The molecule has 2 saturated heterocycles. The zero-order valence-corrected chi connectivity index (χ0v) is 21.0. The number of anilines is 1. The summed E-state index contributed by atoms with van der Waals surface area (Å²) in [6, 6.07) is 11.9. The molecule has 1 N–H and O–H groups in total. The number of likely N-dealkylation sites (tertiary alicyclic amines) is 1. The van der Waals surface area contributed by atoms with E-state index in [0.717, 1.165) is 36.1 Å². The maximum atomic E-state index is 12.8. The predicted octanol–water partition coefficient (Wildman–Crippen LogP) is 3.09. The lowest BCUT2D eigenvalue weighted by molar-refractivity contribution is -0.135. The molecular formula is C28H35N5O3. The molecule has 190 valence electrons. The number of hydrogen-bond acceptors (Lipinski definition) is 7. The van der Waals surface area contributed by atoms with E-state index in [1.165, 1.54) is 31.5 Å². The second kappa shape index (κ2) is 10.8. The molecule has 4 heterocycles. The number of aliphatic hydroxyl groups is 1. The highest BCUT2D eigenvalue weighted by Crippen LogP contribution is 2.31. The maximum Gasteiger partial charge on any atom is 0.260 e. The molecule has 1 unspecified atom stereocenters. The summed E-state index contributed by atoms with van der Waals surface area (Å²) in [4.78, 5) is 27.7. The summed E-state index contributed by atoms with van der Waals surface area (Å²) >= 11 is 0. The van der Waals surface area contributed by atoms with Crippen molar-refractivity contribution in [1.82, 2.24) is 19.8 Å². The summed E-state index contributed by atoms with van der Waals surface area (Å²) in [5.41, 5.74) is 2.15. The largest absolute Gasteiger partial charge is 0.484 e. The first kappa shape index (κ1) is 24.5. The van der Waals surface area contributed by atoms with E-state index in [-0.39, 0.29) is 19.1 Å². The van der Waals surface area contributed by atoms with Gasteiger partial charge in [-0.3, -0.25) is 19.7 Å². The van der Waals surface area contributed by atoms with Crippen LogP contribution in [0.4, 0.5) is 5.69 Å². The summed E-state index contributed by atoms with van der Waals surface area (Å²) in [5, 5.41) is 12.4. The number of β-amino-alcohol motifs (C(OH)–C–C–N with tert-alkyl or cyclic N) is 1. The first-order valence-electron chi connectivity index (χ1n) is 12.8. The molecule has 2 aromatic heterocycles. The van der Waals surface area contributed by atoms with Crippen LogP contribution in [0.5, 0.6) is 5.75 Å². The molecule has 1 aromatic carbocycles. The van der Waals surface area contributed by atoms with Crippen molar-refractivity contribution in [1.29, 1.82) is 0 Å². The van der Waals surface area contributed by atoms with Crippen molar-refractivity contribution in [3.8, 4) is 5.75 Å². The molecule has 2 aliphatic rings. The minimum absolute atomic E-state index is 0.0531. The number of hydrogen-bond donors (Lipinski definition) is 1. The molecule has 36 heavy (non-hydrogen) atoms. The molecule has 1 atom stereocenters. The molecule has 2 aliphatic heterocycles. The summed E-state index contributed by atoms with van der Waals surface area (Å²) in [5.74, 6) is 0.530. The maximum absolute atomic E-state index is 12.8. The average Bonchev–Trinajstić information content (AvgIpc) is 3.40. The first-order valence-corrected chi connectivity index (χ1v) is 12.8. The number of carbonyl (C=O) groups excluding carboxylic acids is 1. The van der Waals surface area contributed by atoms with Gasteiger partial charge in [-0.25, -0.2) is 0 Å². The Labute approximate surface area is 212 Å². The molecule has 1 amide bonds. The fraction of sp³-hybridized carbons (Fsp3) is 0.464. The smallest absolute Gasteiger partial charge is 0.260 e. The number of ether oxygens (including phenoxy) is 1. The molecule has 0 aliphatic carbocycles. The summed E-state index contributed by atoms with van der Waals surface area (Å²) in [6.07, 6.45) is 9.38. The number of amides is 1. The van der Waals surface area contributed by atoms with Gasteiger partial charge in [0, 0.05) is 56.3 Å². The Morgan fingerprint density at radius 2 is 1.89 bits per heavy atom. The Hall–Kier alpha value is -3.23. The molecule has 5 rings (SSSR count). The highest BCUT2D eigenvalue weighted by atomic mass is 16.5. The van der Waals surface area contributed by atoms with E-state index in [0.29, 0.717) is 18.7 Å². The minimum Gasteiger partial charge on any atom is -0.484 e. The molecule has 8 heteroatoms. The summed E-state index contributed by atoms with van der Waals surface area (Å²) in [6.45, 7) is 4.77. The van der Waals surface area contributed by atoms with E-state index in [1.807, 2.05) is 30.5 Å². The van der Waals surface area contributed by atoms with E-state index in [2.05, 4.69) is 31.9 Å². The highest BCUT2D eigenvalue weighted by molar-refractivity contribution is 5.90. The van der Waals surface area contributed by atoms with Crippen LogP contribution in [0.2, 0.25) is 0 Å². The second-order valence-corrected chi connectivity index (χ2v) is 10.1. The highest BCUT2D eigenvalue weighted by Gasteiger charge is 2.36. The fourth-order valence-corrected chi connectivity index (χ4v) is 5.37. The summed E-state index contributed by atoms with van der Waals surface area (Å²) in [7, 11) is 1.73. The third-order valence-electron chi connectivity index (χ3n) is 7.26. The minimum atomic E-state index is -1.00. The third-order valence-corrected chi connectivity index (χ3v) is 7.26. The van der Waals surface area contributed by atoms with Crippen LogP contribution in [-0.4, -0.2) is 82.8 Å². The molecular weight excluding hydrogens is 454 g/mol. The Bertz CT molecular complexity index is 1180. The lowest BCUT2D eigenvalue weighted by Gasteiger charge is -2.42. The Morgan fingerprint density at radius 3 is 2.69 bits per heavy atom. The number of piperidine rings is 1. The van der Waals surface area contributed by atoms with Gasteiger partial charge in [-0.15, -0.1) is 0 Å². The molecule has 0 bridgehead atoms. The van der Waals surface area contributed by atoms with Gasteiger partial charge < -0.3 is 19.6 Å². The number of nitrogens with zero attached hydrogens (tertiary/aromatic N) is 5. The number of benzene rings is 1. The van der Waals surface area contributed by atoms with Gasteiger partial charge in [0.1, 0.15) is 5.75 Å². The number of rotatable bonds is 8. The van der Waals surface area contributed by atoms with Gasteiger partial charge in [-0.2, -0.15) is 0 Å². The van der Waals surface area contributed by atoms with Gasteiger partial charge in [0.25, 0.3) is 5.91 Å². The average molecular weight is 490 g/mol. The number of likely N-dealkylation sites (N-methyl/N-ethyl adjacent to an activating group) is 1. The van der Waals surface area contributed by atoms with Crippen molar-refractivity contribution >= 4 is 22.5 Å². The predicted molar refractivity (Wildman–Crippen MR) is 140 cm³/mol. The Balaban J connectivity index is 1.15. The SMILES string of the molecule is CN(CC1(O)CCCN(c2ccnc3ccncc23)C1)C(=O)COc1ccc(CN2CCCC2)cc1. The van der Waals surface area contributed by atoms with Crippen LogP contribution in [0, 0.1) is 0 Å². The van der Waals surface area contributed by atoms with E-state index >= 15 is 0 Å². The van der Waals surface area contributed by atoms with Crippen molar-refractivity contribution in [3.05, 3.63) is 60.6 Å². The van der Waals surface area contributed by atoms with Crippen molar-refractivity contribution in [3.63, 3.8) is 0 Å². The van der Waals surface area contributed by atoms with E-state index < -0.39 is 5.60 Å². The van der Waals surface area contributed by atoms with Gasteiger partial charge in [-0.1, -0.05) is 12.1 Å². The zero-order valence-electron chi connectivity index (χ0n) is 21.0. The monoisotopic (exact) mass is 489 g/mol. The molecule has 0 spiro atoms. The quantitative estimate of drug-likeness (QED) is 0.521. The van der Waals surface area contributed by atoms with Gasteiger partial charge in [0.2, 0.25) is 0 Å². The number of aromatic nitrogens is 2. The molecule has 3 aromatic rings. The lowest BCUT2D eigenvalue weighted by Crippen LogP contribution is -2.55. The normalized spacial score (nSPS) is 20.6. The van der Waals surface area contributed by atoms with Crippen molar-refractivity contribution in [2.45, 2.75) is 37.8 Å².